The number of hydrogen-bond acceptors (Lipinski definition) is 3. The minimum atomic E-state index is 0.969. The third-order valence-corrected chi connectivity index (χ3v) is 6.09. The number of rotatable bonds is 8. The fourth-order valence-corrected chi connectivity index (χ4v) is 4.45. The summed E-state index contributed by atoms with van der Waals surface area (Å²) in [5.41, 5.74) is 2.67. The molecule has 1 fully saturated rings. The monoisotopic (exact) mass is 391 g/mol. The number of para-hydroxylation sites is 1. The van der Waals surface area contributed by atoms with Gasteiger partial charge in [-0.1, -0.05) is 42.5 Å². The topological polar surface area (TPSA) is 20.6 Å². The summed E-state index contributed by atoms with van der Waals surface area (Å²) in [5.74, 6) is 0.969. The van der Waals surface area contributed by atoms with Crippen LogP contribution in [0.3, 0.4) is 0 Å². The highest BCUT2D eigenvalue weighted by atomic mass is 16.5. The molecule has 29 heavy (non-hydrogen) atoms. The fourth-order valence-electron chi connectivity index (χ4n) is 4.45. The summed E-state index contributed by atoms with van der Waals surface area (Å²) in [4.78, 5) is 5.28. The molecule has 1 saturated heterocycles. The Balaban J connectivity index is 1.24. The molecule has 3 aromatic rings. The number of methoxy groups -OCH3 is 1. The Labute approximate surface area is 174 Å². The molecule has 0 unspecified atom stereocenters. The van der Waals surface area contributed by atoms with Crippen LogP contribution in [0.1, 0.15) is 18.4 Å². The van der Waals surface area contributed by atoms with Crippen LogP contribution >= 0.6 is 0 Å². The zero-order valence-corrected chi connectivity index (χ0v) is 17.6. The number of aromatic nitrogens is 1. The van der Waals surface area contributed by atoms with Gasteiger partial charge in [0.15, 0.2) is 0 Å². The molecule has 1 aliphatic heterocycles. The van der Waals surface area contributed by atoms with E-state index in [1.165, 1.54) is 68.6 Å². The Kier molecular flexibility index (Phi) is 6.86. The molecule has 154 valence electrons. The van der Waals surface area contributed by atoms with E-state index in [-0.39, 0.29) is 0 Å². The van der Waals surface area contributed by atoms with Crippen LogP contribution in [-0.2, 0) is 13.0 Å². The molecule has 0 atom stereocenters. The number of nitrogens with zero attached hydrogens (tertiary/aromatic N) is 3. The van der Waals surface area contributed by atoms with Gasteiger partial charge < -0.3 is 19.1 Å². The predicted molar refractivity (Wildman–Crippen MR) is 121 cm³/mol. The minimum Gasteiger partial charge on any atom is -0.495 e. The van der Waals surface area contributed by atoms with Gasteiger partial charge in [0.2, 0.25) is 0 Å². The first-order valence-electron chi connectivity index (χ1n) is 10.9. The predicted octanol–water partition coefficient (Wildman–Crippen LogP) is 4.29. The van der Waals surface area contributed by atoms with E-state index in [0.717, 1.165) is 18.7 Å². The van der Waals surface area contributed by atoms with Gasteiger partial charge in [0, 0.05) is 37.8 Å². The van der Waals surface area contributed by atoms with Crippen molar-refractivity contribution in [1.82, 2.24) is 14.4 Å². The van der Waals surface area contributed by atoms with Gasteiger partial charge in [-0.2, -0.15) is 0 Å². The summed E-state index contributed by atoms with van der Waals surface area (Å²) >= 11 is 0. The Hall–Kier alpha value is -2.30. The van der Waals surface area contributed by atoms with E-state index in [2.05, 4.69) is 75.2 Å². The highest BCUT2D eigenvalue weighted by Crippen LogP contribution is 2.26. The van der Waals surface area contributed by atoms with Crippen LogP contribution in [0.25, 0.3) is 10.9 Å². The third kappa shape index (κ3) is 5.20. The van der Waals surface area contributed by atoms with E-state index in [0.29, 0.717) is 0 Å². The molecule has 0 amide bonds. The smallest absolute Gasteiger partial charge is 0.143 e. The third-order valence-electron chi connectivity index (χ3n) is 6.09. The standard InChI is InChI=1S/C25H33N3O/c1-29-24-11-5-10-23-13-19-28(25(23)24)17-7-16-26-14-6-15-27(21-20-26)18-12-22-8-3-2-4-9-22/h2-5,8-11,13,19H,6-7,12,14-18,20-21H2,1H3. The van der Waals surface area contributed by atoms with Crippen molar-refractivity contribution in [3.05, 3.63) is 66.4 Å². The molecule has 0 bridgehead atoms. The average molecular weight is 392 g/mol. The van der Waals surface area contributed by atoms with Crippen LogP contribution in [0.2, 0.25) is 0 Å². The Morgan fingerprint density at radius 2 is 1.59 bits per heavy atom. The van der Waals surface area contributed by atoms with Crippen LogP contribution in [0.5, 0.6) is 5.75 Å². The lowest BCUT2D eigenvalue weighted by atomic mass is 10.1. The first-order chi connectivity index (χ1) is 14.3. The van der Waals surface area contributed by atoms with Crippen molar-refractivity contribution >= 4 is 10.9 Å². The molecule has 4 heteroatoms. The zero-order valence-electron chi connectivity index (χ0n) is 17.6. The van der Waals surface area contributed by atoms with E-state index in [1.807, 2.05) is 0 Å². The number of fused-ring (bicyclic) bond motifs is 1. The van der Waals surface area contributed by atoms with Crippen molar-refractivity contribution in [2.45, 2.75) is 25.8 Å². The highest BCUT2D eigenvalue weighted by Gasteiger charge is 2.15. The van der Waals surface area contributed by atoms with Gasteiger partial charge >= 0.3 is 0 Å². The summed E-state index contributed by atoms with van der Waals surface area (Å²) in [6.45, 7) is 8.20. The van der Waals surface area contributed by atoms with E-state index in [9.17, 15) is 0 Å². The van der Waals surface area contributed by atoms with Crippen molar-refractivity contribution < 1.29 is 4.74 Å². The van der Waals surface area contributed by atoms with Gasteiger partial charge in [0.1, 0.15) is 5.75 Å². The van der Waals surface area contributed by atoms with Gasteiger partial charge in [-0.05, 0) is 56.6 Å². The molecule has 0 radical (unpaired) electrons. The van der Waals surface area contributed by atoms with Gasteiger partial charge in [-0.15, -0.1) is 0 Å². The van der Waals surface area contributed by atoms with Crippen molar-refractivity contribution in [2.75, 3.05) is 46.4 Å². The van der Waals surface area contributed by atoms with Gasteiger partial charge in [0.05, 0.1) is 12.6 Å². The average Bonchev–Trinajstić information content (AvgIpc) is 3.04. The molecule has 4 nitrogen and oxygen atoms in total. The molecule has 2 aromatic carbocycles. The Morgan fingerprint density at radius 1 is 0.793 bits per heavy atom. The van der Waals surface area contributed by atoms with Crippen LogP contribution in [-0.4, -0.2) is 60.7 Å². The maximum atomic E-state index is 5.57. The summed E-state index contributed by atoms with van der Waals surface area (Å²) in [6, 6.07) is 19.3. The van der Waals surface area contributed by atoms with E-state index in [1.54, 1.807) is 7.11 Å². The number of hydrogen-bond donors (Lipinski definition) is 0. The number of aryl methyl sites for hydroxylation is 1. The van der Waals surface area contributed by atoms with Crippen molar-refractivity contribution in [3.8, 4) is 5.75 Å². The van der Waals surface area contributed by atoms with Gasteiger partial charge in [-0.25, -0.2) is 0 Å². The molecule has 0 aliphatic carbocycles. The summed E-state index contributed by atoms with van der Waals surface area (Å²) < 4.78 is 7.91. The molecule has 1 aliphatic rings. The van der Waals surface area contributed by atoms with E-state index >= 15 is 0 Å². The first-order valence-corrected chi connectivity index (χ1v) is 10.9. The molecular weight excluding hydrogens is 358 g/mol. The normalized spacial score (nSPS) is 16.2. The molecule has 1 aromatic heterocycles. The van der Waals surface area contributed by atoms with E-state index in [4.69, 9.17) is 4.74 Å². The number of benzene rings is 2. The first kappa shape index (κ1) is 20.0. The molecule has 0 spiro atoms. The van der Waals surface area contributed by atoms with Crippen LogP contribution < -0.4 is 4.74 Å². The zero-order chi connectivity index (χ0) is 19.9. The molecule has 4 rings (SSSR count). The summed E-state index contributed by atoms with van der Waals surface area (Å²) in [7, 11) is 1.76. The van der Waals surface area contributed by atoms with Gasteiger partial charge in [0.25, 0.3) is 0 Å². The van der Waals surface area contributed by atoms with Crippen LogP contribution in [0.4, 0.5) is 0 Å². The van der Waals surface area contributed by atoms with Gasteiger partial charge in [-0.3, -0.25) is 0 Å². The maximum absolute atomic E-state index is 5.57. The maximum Gasteiger partial charge on any atom is 0.143 e. The van der Waals surface area contributed by atoms with Crippen molar-refractivity contribution in [2.24, 2.45) is 0 Å². The Bertz CT molecular complexity index is 889. The van der Waals surface area contributed by atoms with E-state index < -0.39 is 0 Å². The molecular formula is C25H33N3O. The second-order valence-electron chi connectivity index (χ2n) is 8.03. The van der Waals surface area contributed by atoms with Crippen LogP contribution in [0, 0.1) is 0 Å². The fraction of sp³-hybridized carbons (Fsp3) is 0.440. The lowest BCUT2D eigenvalue weighted by Gasteiger charge is -2.22. The SMILES string of the molecule is COc1cccc2ccn(CCCN3CCCN(CCc4ccccc4)CC3)c12. The lowest BCUT2D eigenvalue weighted by molar-refractivity contribution is 0.253. The second kappa shape index (κ2) is 9.95. The minimum absolute atomic E-state index is 0.969. The second-order valence-corrected chi connectivity index (χ2v) is 8.03. The largest absolute Gasteiger partial charge is 0.495 e. The summed E-state index contributed by atoms with van der Waals surface area (Å²) in [5, 5.41) is 1.26. The molecule has 0 saturated carbocycles. The number of ether oxygens (including phenoxy) is 1. The Morgan fingerprint density at radius 3 is 2.38 bits per heavy atom. The van der Waals surface area contributed by atoms with Crippen LogP contribution in [0.15, 0.2) is 60.8 Å². The summed E-state index contributed by atoms with van der Waals surface area (Å²) in [6.07, 6.45) is 5.80. The highest BCUT2D eigenvalue weighted by molar-refractivity contribution is 5.85. The molecule has 2 heterocycles. The van der Waals surface area contributed by atoms with Crippen molar-refractivity contribution in [1.29, 1.82) is 0 Å². The van der Waals surface area contributed by atoms with Crippen molar-refractivity contribution in [3.63, 3.8) is 0 Å². The quantitative estimate of drug-likeness (QED) is 0.571. The molecule has 0 N–H and O–H groups in total. The lowest BCUT2D eigenvalue weighted by Crippen LogP contribution is -2.32.